The molecule has 0 aromatic carbocycles. The number of imidazole rings is 1. The van der Waals surface area contributed by atoms with Crippen molar-refractivity contribution in [3.63, 3.8) is 0 Å². The molecule has 0 unspecified atom stereocenters. The maximum Gasteiger partial charge on any atom is 0.136 e. The summed E-state index contributed by atoms with van der Waals surface area (Å²) in [5.74, 6) is 0. The fraction of sp³-hybridized carbons (Fsp3) is 0.300. The average Bonchev–Trinajstić information content (AvgIpc) is 2.58. The van der Waals surface area contributed by atoms with Crippen molar-refractivity contribution in [2.24, 2.45) is 0 Å². The zero-order valence-corrected chi connectivity index (χ0v) is 7.70. The van der Waals surface area contributed by atoms with Gasteiger partial charge in [-0.05, 0) is 19.2 Å². The van der Waals surface area contributed by atoms with E-state index in [2.05, 4.69) is 14.7 Å². The van der Waals surface area contributed by atoms with Crippen LogP contribution in [0.5, 0.6) is 0 Å². The molecule has 0 saturated carbocycles. The van der Waals surface area contributed by atoms with E-state index in [1.165, 1.54) is 5.69 Å². The van der Waals surface area contributed by atoms with E-state index in [0.717, 1.165) is 18.6 Å². The van der Waals surface area contributed by atoms with Crippen LogP contribution >= 0.6 is 0 Å². The molecule has 0 aliphatic carbocycles. The van der Waals surface area contributed by atoms with E-state index in [1.54, 1.807) is 0 Å². The topological polar surface area (TPSA) is 29.3 Å². The van der Waals surface area contributed by atoms with E-state index >= 15 is 0 Å². The van der Waals surface area contributed by atoms with Gasteiger partial charge in [0, 0.05) is 31.1 Å². The normalized spacial score (nSPS) is 10.8. The summed E-state index contributed by atoms with van der Waals surface area (Å²) in [6, 6.07) is 6.05. The Balaban J connectivity index is 2.35. The summed E-state index contributed by atoms with van der Waals surface area (Å²) >= 11 is 0. The van der Waals surface area contributed by atoms with E-state index in [-0.39, 0.29) is 0 Å². The van der Waals surface area contributed by atoms with Crippen LogP contribution < -0.4 is 5.32 Å². The summed E-state index contributed by atoms with van der Waals surface area (Å²) in [6.45, 7) is 0.989. The molecule has 0 saturated heterocycles. The van der Waals surface area contributed by atoms with Gasteiger partial charge < -0.3 is 9.72 Å². The van der Waals surface area contributed by atoms with Crippen LogP contribution in [0.15, 0.2) is 30.6 Å². The van der Waals surface area contributed by atoms with Crippen LogP contribution in [0, 0.1) is 0 Å². The molecular weight excluding hydrogens is 162 g/mol. The maximum absolute atomic E-state index is 4.31. The van der Waals surface area contributed by atoms with Crippen molar-refractivity contribution in [2.75, 3.05) is 13.6 Å². The van der Waals surface area contributed by atoms with Gasteiger partial charge in [-0.25, -0.2) is 4.98 Å². The highest BCUT2D eigenvalue weighted by molar-refractivity contribution is 5.39. The Bertz CT molecular complexity index is 392. The molecule has 2 aromatic rings. The van der Waals surface area contributed by atoms with E-state index in [0.29, 0.717) is 0 Å². The Morgan fingerprint density at radius 1 is 1.46 bits per heavy atom. The molecule has 2 rings (SSSR count). The molecule has 68 valence electrons. The Morgan fingerprint density at radius 3 is 3.23 bits per heavy atom. The van der Waals surface area contributed by atoms with Crippen LogP contribution in [-0.4, -0.2) is 23.0 Å². The Labute approximate surface area is 77.4 Å². The fourth-order valence-electron chi connectivity index (χ4n) is 1.42. The number of pyridine rings is 1. The minimum Gasteiger partial charge on any atom is -0.319 e. The number of rotatable bonds is 3. The van der Waals surface area contributed by atoms with E-state index in [9.17, 15) is 0 Å². The van der Waals surface area contributed by atoms with Gasteiger partial charge in [0.1, 0.15) is 5.65 Å². The van der Waals surface area contributed by atoms with Crippen LogP contribution in [-0.2, 0) is 6.42 Å². The van der Waals surface area contributed by atoms with Gasteiger partial charge in [0.2, 0.25) is 0 Å². The van der Waals surface area contributed by atoms with Crippen molar-refractivity contribution >= 4 is 5.65 Å². The lowest BCUT2D eigenvalue weighted by molar-refractivity contribution is 0.771. The Kier molecular flexibility index (Phi) is 2.27. The van der Waals surface area contributed by atoms with Crippen LogP contribution in [0.2, 0.25) is 0 Å². The highest BCUT2D eigenvalue weighted by atomic mass is 15.0. The first-order valence-corrected chi connectivity index (χ1v) is 4.47. The number of likely N-dealkylation sites (N-methyl/N-ethyl adjacent to an activating group) is 1. The highest BCUT2D eigenvalue weighted by Gasteiger charge is 1.99. The number of nitrogens with one attached hydrogen (secondary N) is 1. The van der Waals surface area contributed by atoms with Crippen LogP contribution in [0.3, 0.4) is 0 Å². The lowest BCUT2D eigenvalue weighted by Gasteiger charge is -1.99. The molecule has 0 atom stereocenters. The smallest absolute Gasteiger partial charge is 0.136 e. The molecule has 0 fully saturated rings. The largest absolute Gasteiger partial charge is 0.319 e. The second-order valence-electron chi connectivity index (χ2n) is 3.03. The van der Waals surface area contributed by atoms with Crippen molar-refractivity contribution in [1.29, 1.82) is 0 Å². The zero-order chi connectivity index (χ0) is 9.10. The van der Waals surface area contributed by atoms with Gasteiger partial charge in [0.05, 0.1) is 0 Å². The monoisotopic (exact) mass is 175 g/mol. The average molecular weight is 175 g/mol. The van der Waals surface area contributed by atoms with Gasteiger partial charge in [0.15, 0.2) is 0 Å². The number of aromatic nitrogens is 2. The summed E-state index contributed by atoms with van der Waals surface area (Å²) in [5, 5.41) is 3.13. The predicted octanol–water partition coefficient (Wildman–Crippen LogP) is 1.10. The summed E-state index contributed by atoms with van der Waals surface area (Å²) in [7, 11) is 1.96. The summed E-state index contributed by atoms with van der Waals surface area (Å²) in [6.07, 6.45) is 5.00. The van der Waals surface area contributed by atoms with Crippen LogP contribution in [0.4, 0.5) is 0 Å². The number of nitrogens with zero attached hydrogens (tertiary/aromatic N) is 2. The molecule has 3 heteroatoms. The summed E-state index contributed by atoms with van der Waals surface area (Å²) < 4.78 is 2.12. The minimum atomic E-state index is 0.989. The Morgan fingerprint density at radius 2 is 2.38 bits per heavy atom. The first-order valence-electron chi connectivity index (χ1n) is 4.47. The first-order chi connectivity index (χ1) is 6.42. The van der Waals surface area contributed by atoms with Gasteiger partial charge in [-0.2, -0.15) is 0 Å². The third-order valence-corrected chi connectivity index (χ3v) is 2.12. The molecule has 0 aliphatic heterocycles. The van der Waals surface area contributed by atoms with Crippen LogP contribution in [0.1, 0.15) is 5.69 Å². The van der Waals surface area contributed by atoms with Gasteiger partial charge in [-0.3, -0.25) is 0 Å². The van der Waals surface area contributed by atoms with Crippen molar-refractivity contribution in [1.82, 2.24) is 14.7 Å². The quantitative estimate of drug-likeness (QED) is 0.756. The molecule has 0 amide bonds. The fourth-order valence-corrected chi connectivity index (χ4v) is 1.42. The molecule has 2 aromatic heterocycles. The molecule has 2 heterocycles. The zero-order valence-electron chi connectivity index (χ0n) is 7.70. The SMILES string of the molecule is CNCCc1cnc2ccccn12. The molecule has 0 aliphatic rings. The number of hydrogen-bond donors (Lipinski definition) is 1. The van der Waals surface area contributed by atoms with Crippen molar-refractivity contribution < 1.29 is 0 Å². The molecule has 3 nitrogen and oxygen atoms in total. The minimum absolute atomic E-state index is 0.989. The maximum atomic E-state index is 4.31. The van der Waals surface area contributed by atoms with Gasteiger partial charge in [-0.1, -0.05) is 6.07 Å². The third kappa shape index (κ3) is 1.55. The molecule has 0 radical (unpaired) electrons. The molecule has 13 heavy (non-hydrogen) atoms. The van der Waals surface area contributed by atoms with Crippen LogP contribution in [0.25, 0.3) is 5.65 Å². The van der Waals surface area contributed by atoms with E-state index in [1.807, 2.05) is 37.6 Å². The molecule has 0 spiro atoms. The number of fused-ring (bicyclic) bond motifs is 1. The summed E-state index contributed by atoms with van der Waals surface area (Å²) in [5.41, 5.74) is 2.28. The standard InChI is InChI=1S/C10H13N3/c1-11-6-5-9-8-12-10-4-2-3-7-13(9)10/h2-4,7-8,11H,5-6H2,1H3. The van der Waals surface area contributed by atoms with Gasteiger partial charge in [-0.15, -0.1) is 0 Å². The van der Waals surface area contributed by atoms with Crippen molar-refractivity contribution in [3.05, 3.63) is 36.3 Å². The summed E-state index contributed by atoms with van der Waals surface area (Å²) in [4.78, 5) is 4.31. The molecular formula is C10H13N3. The number of hydrogen-bond acceptors (Lipinski definition) is 2. The second kappa shape index (κ2) is 3.58. The van der Waals surface area contributed by atoms with Gasteiger partial charge >= 0.3 is 0 Å². The lowest BCUT2D eigenvalue weighted by Crippen LogP contribution is -2.11. The lowest BCUT2D eigenvalue weighted by atomic mass is 10.3. The predicted molar refractivity (Wildman–Crippen MR) is 52.8 cm³/mol. The van der Waals surface area contributed by atoms with Crippen molar-refractivity contribution in [2.45, 2.75) is 6.42 Å². The first kappa shape index (κ1) is 8.26. The second-order valence-corrected chi connectivity index (χ2v) is 3.03. The highest BCUT2D eigenvalue weighted by Crippen LogP contribution is 2.05. The van der Waals surface area contributed by atoms with E-state index < -0.39 is 0 Å². The van der Waals surface area contributed by atoms with E-state index in [4.69, 9.17) is 0 Å². The molecule has 0 bridgehead atoms. The molecule has 1 N–H and O–H groups in total. The van der Waals surface area contributed by atoms with Gasteiger partial charge in [0.25, 0.3) is 0 Å². The third-order valence-electron chi connectivity index (χ3n) is 2.12. The van der Waals surface area contributed by atoms with Crippen molar-refractivity contribution in [3.8, 4) is 0 Å². The Hall–Kier alpha value is -1.35.